The number of carbonyl (C=O) groups excluding carboxylic acids is 1. The highest BCUT2D eigenvalue weighted by Gasteiger charge is 2.35. The van der Waals surface area contributed by atoms with Crippen LogP contribution in [-0.4, -0.2) is 52.7 Å². The summed E-state index contributed by atoms with van der Waals surface area (Å²) in [4.78, 5) is 13.5. The van der Waals surface area contributed by atoms with E-state index in [0.29, 0.717) is 40.9 Å². The van der Waals surface area contributed by atoms with Crippen molar-refractivity contribution in [2.75, 3.05) is 42.2 Å². The molecule has 2 heterocycles. The number of benzene rings is 2. The van der Waals surface area contributed by atoms with Crippen molar-refractivity contribution in [3.63, 3.8) is 0 Å². The van der Waals surface area contributed by atoms with E-state index in [1.807, 2.05) is 31.2 Å². The van der Waals surface area contributed by atoms with Gasteiger partial charge in [0, 0.05) is 23.4 Å². The molecule has 0 spiro atoms. The maximum Gasteiger partial charge on any atom is 0.340 e. The van der Waals surface area contributed by atoms with E-state index in [9.17, 15) is 4.79 Å². The number of fused-ring (bicyclic) bond motifs is 3. The lowest BCUT2D eigenvalue weighted by Crippen LogP contribution is -2.17. The minimum Gasteiger partial charge on any atom is -0.493 e. The number of rotatable bonds is 8. The Kier molecular flexibility index (Phi) is 7.06. The van der Waals surface area contributed by atoms with Gasteiger partial charge in [0.05, 0.1) is 53.4 Å². The van der Waals surface area contributed by atoms with E-state index < -0.39 is 5.97 Å². The van der Waals surface area contributed by atoms with E-state index in [4.69, 9.17) is 28.4 Å². The van der Waals surface area contributed by atoms with Crippen LogP contribution in [0.4, 0.5) is 0 Å². The van der Waals surface area contributed by atoms with E-state index in [2.05, 4.69) is 11.5 Å². The third-order valence-corrected chi connectivity index (χ3v) is 6.75. The van der Waals surface area contributed by atoms with Crippen molar-refractivity contribution in [1.29, 1.82) is 0 Å². The molecule has 1 aliphatic heterocycles. The van der Waals surface area contributed by atoms with Crippen LogP contribution >= 0.6 is 0 Å². The lowest BCUT2D eigenvalue weighted by Gasteiger charge is -2.28. The van der Waals surface area contributed by atoms with Gasteiger partial charge in [0.25, 0.3) is 0 Å². The van der Waals surface area contributed by atoms with Crippen LogP contribution in [0.5, 0.6) is 28.7 Å². The second kappa shape index (κ2) is 10.0. The first-order chi connectivity index (χ1) is 17.3. The smallest absolute Gasteiger partial charge is 0.340 e. The molecule has 1 atom stereocenters. The van der Waals surface area contributed by atoms with Crippen LogP contribution < -0.4 is 23.7 Å². The van der Waals surface area contributed by atoms with E-state index in [1.54, 1.807) is 42.5 Å². The third-order valence-electron chi connectivity index (χ3n) is 6.75. The fourth-order valence-corrected chi connectivity index (χ4v) is 5.11. The summed E-state index contributed by atoms with van der Waals surface area (Å²) in [7, 11) is 7.93. The van der Waals surface area contributed by atoms with Crippen LogP contribution in [0.15, 0.2) is 24.3 Å². The minimum atomic E-state index is -0.395. The van der Waals surface area contributed by atoms with E-state index in [0.717, 1.165) is 33.6 Å². The van der Waals surface area contributed by atoms with Crippen LogP contribution in [-0.2, 0) is 11.3 Å². The molecule has 3 aromatic rings. The molecule has 36 heavy (non-hydrogen) atoms. The van der Waals surface area contributed by atoms with Crippen LogP contribution in [0.3, 0.4) is 0 Å². The van der Waals surface area contributed by atoms with Crippen LogP contribution in [0.25, 0.3) is 22.4 Å². The maximum atomic E-state index is 13.5. The summed E-state index contributed by atoms with van der Waals surface area (Å²) in [6, 6.07) is 7.66. The molecule has 0 amide bonds. The summed E-state index contributed by atoms with van der Waals surface area (Å²) < 4.78 is 35.6. The molecule has 4 rings (SSSR count). The van der Waals surface area contributed by atoms with E-state index >= 15 is 0 Å². The molecule has 0 N–H and O–H groups in total. The summed E-state index contributed by atoms with van der Waals surface area (Å²) in [5.41, 5.74) is 5.75. The number of carbonyl (C=O) groups is 1. The highest BCUT2D eigenvalue weighted by molar-refractivity contribution is 6.06. The number of esters is 1. The molecule has 0 saturated carbocycles. The zero-order valence-corrected chi connectivity index (χ0v) is 22.1. The molecule has 8 nitrogen and oxygen atoms in total. The van der Waals surface area contributed by atoms with Crippen LogP contribution in [0.2, 0.25) is 0 Å². The third kappa shape index (κ3) is 3.90. The van der Waals surface area contributed by atoms with Gasteiger partial charge < -0.3 is 33.0 Å². The first-order valence-corrected chi connectivity index (χ1v) is 11.8. The number of ether oxygens (including phenoxy) is 6. The van der Waals surface area contributed by atoms with Crippen LogP contribution in [0.1, 0.15) is 41.4 Å². The lowest BCUT2D eigenvalue weighted by molar-refractivity contribution is 0.0528. The van der Waals surface area contributed by atoms with Gasteiger partial charge >= 0.3 is 5.97 Å². The molecular formula is C28H33NO7. The standard InChI is InChI=1S/C28H33NO7/c1-9-36-28(30)25-24(17-10-22(33-6)27(35-8)23(11-17)34-7)16(3)29-14-15(2)18-12-20(31-4)21(32-5)13-19(18)26(25)29/h10-13,15H,9,14H2,1-8H3. The second-order valence-corrected chi connectivity index (χ2v) is 8.62. The van der Waals surface area contributed by atoms with E-state index in [1.165, 1.54) is 0 Å². The number of aromatic nitrogens is 1. The Morgan fingerprint density at radius 1 is 0.889 bits per heavy atom. The monoisotopic (exact) mass is 495 g/mol. The fourth-order valence-electron chi connectivity index (χ4n) is 5.11. The molecule has 1 unspecified atom stereocenters. The molecule has 0 bridgehead atoms. The zero-order valence-electron chi connectivity index (χ0n) is 22.1. The number of hydrogen-bond acceptors (Lipinski definition) is 7. The highest BCUT2D eigenvalue weighted by atomic mass is 16.5. The predicted octanol–water partition coefficient (Wildman–Crippen LogP) is 5.47. The van der Waals surface area contributed by atoms with Crippen molar-refractivity contribution in [2.45, 2.75) is 33.2 Å². The molecule has 1 aliphatic rings. The SMILES string of the molecule is CCOC(=O)c1c(-c2cc(OC)c(OC)c(OC)c2)c(C)n2c1-c1cc(OC)c(OC)cc1C(C)C2. The Morgan fingerprint density at radius 2 is 1.47 bits per heavy atom. The molecule has 8 heteroatoms. The minimum absolute atomic E-state index is 0.182. The summed E-state index contributed by atoms with van der Waals surface area (Å²) in [5.74, 6) is 2.53. The maximum absolute atomic E-state index is 13.5. The summed E-state index contributed by atoms with van der Waals surface area (Å²) >= 11 is 0. The van der Waals surface area contributed by atoms with E-state index in [-0.39, 0.29) is 12.5 Å². The van der Waals surface area contributed by atoms with Gasteiger partial charge in [0.2, 0.25) is 5.75 Å². The van der Waals surface area contributed by atoms with Gasteiger partial charge in [-0.05, 0) is 55.2 Å². The fraction of sp³-hybridized carbons (Fsp3) is 0.393. The lowest BCUT2D eigenvalue weighted by atomic mass is 9.88. The molecule has 1 aromatic heterocycles. The van der Waals surface area contributed by atoms with Crippen molar-refractivity contribution in [3.8, 4) is 51.1 Å². The molecular weight excluding hydrogens is 462 g/mol. The van der Waals surface area contributed by atoms with Gasteiger partial charge in [-0.2, -0.15) is 0 Å². The molecule has 0 aliphatic carbocycles. The number of methoxy groups -OCH3 is 5. The van der Waals surface area contributed by atoms with Crippen molar-refractivity contribution in [1.82, 2.24) is 4.57 Å². The zero-order chi connectivity index (χ0) is 26.1. The van der Waals surface area contributed by atoms with Gasteiger partial charge in [-0.25, -0.2) is 4.79 Å². The Balaban J connectivity index is 2.09. The van der Waals surface area contributed by atoms with Crippen LogP contribution in [0, 0.1) is 6.92 Å². The van der Waals surface area contributed by atoms with Crippen molar-refractivity contribution in [2.24, 2.45) is 0 Å². The topological polar surface area (TPSA) is 77.4 Å². The van der Waals surface area contributed by atoms with Gasteiger partial charge in [0.1, 0.15) is 0 Å². The Hall–Kier alpha value is -3.81. The normalized spacial score (nSPS) is 13.9. The van der Waals surface area contributed by atoms with Crippen molar-refractivity contribution in [3.05, 3.63) is 41.1 Å². The second-order valence-electron chi connectivity index (χ2n) is 8.62. The number of nitrogens with zero attached hydrogens (tertiary/aromatic N) is 1. The summed E-state index contributed by atoms with van der Waals surface area (Å²) in [6.45, 7) is 6.93. The largest absolute Gasteiger partial charge is 0.493 e. The summed E-state index contributed by atoms with van der Waals surface area (Å²) in [6.07, 6.45) is 0. The number of hydrogen-bond donors (Lipinski definition) is 0. The van der Waals surface area contributed by atoms with Crippen molar-refractivity contribution >= 4 is 5.97 Å². The van der Waals surface area contributed by atoms with Gasteiger partial charge in [0.15, 0.2) is 23.0 Å². The molecule has 0 radical (unpaired) electrons. The van der Waals surface area contributed by atoms with Gasteiger partial charge in [-0.3, -0.25) is 0 Å². The van der Waals surface area contributed by atoms with Crippen molar-refractivity contribution < 1.29 is 33.2 Å². The molecule has 192 valence electrons. The summed E-state index contributed by atoms with van der Waals surface area (Å²) in [5, 5.41) is 0. The van der Waals surface area contributed by atoms with Gasteiger partial charge in [-0.1, -0.05) is 6.92 Å². The first kappa shape index (κ1) is 25.3. The van der Waals surface area contributed by atoms with Gasteiger partial charge in [-0.15, -0.1) is 0 Å². The quantitative estimate of drug-likeness (QED) is 0.384. The Bertz CT molecular complexity index is 1280. The molecule has 0 saturated heterocycles. The molecule has 2 aromatic carbocycles. The molecule has 0 fully saturated rings. The average molecular weight is 496 g/mol. The predicted molar refractivity (Wildman–Crippen MR) is 137 cm³/mol. The average Bonchev–Trinajstić information content (AvgIpc) is 3.19. The first-order valence-electron chi connectivity index (χ1n) is 11.8. The highest BCUT2D eigenvalue weighted by Crippen LogP contribution is 2.50. The Morgan fingerprint density at radius 3 is 2.00 bits per heavy atom. The Labute approximate surface area is 211 Å².